The number of rotatable bonds is 7. The summed E-state index contributed by atoms with van der Waals surface area (Å²) in [6.45, 7) is 0.486. The summed E-state index contributed by atoms with van der Waals surface area (Å²) in [6, 6.07) is 22.8. The largest absolute Gasteiger partial charge is 0.465 e. The molecule has 152 valence electrons. The standard InChI is InChI=1S/C24H22N2O4/c1-30-24(29)19-13-11-18(12-14-19)22(27)26-21-10-6-5-9-20(21)23(28)25-16-15-17-7-3-2-4-8-17/h2-14H,15-16H2,1H3,(H,25,28)(H,26,27). The Labute approximate surface area is 174 Å². The van der Waals surface area contributed by atoms with E-state index in [1.54, 1.807) is 24.3 Å². The highest BCUT2D eigenvalue weighted by Crippen LogP contribution is 2.17. The molecule has 3 rings (SSSR count). The Morgan fingerprint density at radius 3 is 2.10 bits per heavy atom. The first kappa shape index (κ1) is 20.8. The molecule has 0 atom stereocenters. The van der Waals surface area contributed by atoms with Gasteiger partial charge in [-0.2, -0.15) is 0 Å². The molecule has 0 aliphatic heterocycles. The van der Waals surface area contributed by atoms with Crippen LogP contribution in [0.4, 0.5) is 5.69 Å². The maximum Gasteiger partial charge on any atom is 0.337 e. The fourth-order valence-corrected chi connectivity index (χ4v) is 2.92. The Bertz CT molecular complexity index is 1030. The van der Waals surface area contributed by atoms with E-state index in [1.165, 1.54) is 31.4 Å². The molecule has 0 heterocycles. The average Bonchev–Trinajstić information content (AvgIpc) is 2.79. The third-order valence-electron chi connectivity index (χ3n) is 4.53. The Kier molecular flexibility index (Phi) is 6.95. The highest BCUT2D eigenvalue weighted by Gasteiger charge is 2.14. The fraction of sp³-hybridized carbons (Fsp3) is 0.125. The molecule has 0 unspecified atom stereocenters. The van der Waals surface area contributed by atoms with Gasteiger partial charge in [-0.3, -0.25) is 9.59 Å². The van der Waals surface area contributed by atoms with Crippen LogP contribution < -0.4 is 10.6 Å². The molecule has 6 nitrogen and oxygen atoms in total. The third-order valence-corrected chi connectivity index (χ3v) is 4.53. The number of nitrogens with one attached hydrogen (secondary N) is 2. The molecule has 2 N–H and O–H groups in total. The maximum absolute atomic E-state index is 12.6. The van der Waals surface area contributed by atoms with Crippen molar-refractivity contribution in [1.29, 1.82) is 0 Å². The van der Waals surface area contributed by atoms with Gasteiger partial charge in [0, 0.05) is 12.1 Å². The van der Waals surface area contributed by atoms with Gasteiger partial charge in [0.05, 0.1) is 23.9 Å². The van der Waals surface area contributed by atoms with Crippen LogP contribution in [0, 0.1) is 0 Å². The SMILES string of the molecule is COC(=O)c1ccc(C(=O)Nc2ccccc2C(=O)NCCc2ccccc2)cc1. The molecule has 0 radical (unpaired) electrons. The molecule has 6 heteroatoms. The van der Waals surface area contributed by atoms with E-state index in [9.17, 15) is 14.4 Å². The minimum Gasteiger partial charge on any atom is -0.465 e. The highest BCUT2D eigenvalue weighted by molar-refractivity contribution is 6.09. The van der Waals surface area contributed by atoms with Crippen molar-refractivity contribution in [3.8, 4) is 0 Å². The van der Waals surface area contributed by atoms with Crippen molar-refractivity contribution in [2.45, 2.75) is 6.42 Å². The molecule has 2 amide bonds. The van der Waals surface area contributed by atoms with Crippen LogP contribution in [0.2, 0.25) is 0 Å². The fourth-order valence-electron chi connectivity index (χ4n) is 2.92. The number of amides is 2. The van der Waals surface area contributed by atoms with Crippen LogP contribution in [-0.4, -0.2) is 31.4 Å². The first-order valence-electron chi connectivity index (χ1n) is 9.49. The van der Waals surface area contributed by atoms with Crippen LogP contribution in [0.5, 0.6) is 0 Å². The number of hydrogen-bond donors (Lipinski definition) is 2. The number of esters is 1. The van der Waals surface area contributed by atoms with E-state index < -0.39 is 5.97 Å². The second kappa shape index (κ2) is 10.0. The summed E-state index contributed by atoms with van der Waals surface area (Å²) in [6.07, 6.45) is 0.716. The molecular formula is C24H22N2O4. The topological polar surface area (TPSA) is 84.5 Å². The molecule has 3 aromatic carbocycles. The lowest BCUT2D eigenvalue weighted by molar-refractivity contribution is 0.0600. The van der Waals surface area contributed by atoms with E-state index in [2.05, 4.69) is 15.4 Å². The zero-order valence-electron chi connectivity index (χ0n) is 16.6. The normalized spacial score (nSPS) is 10.2. The monoisotopic (exact) mass is 402 g/mol. The van der Waals surface area contributed by atoms with E-state index in [0.717, 1.165) is 5.56 Å². The van der Waals surface area contributed by atoms with Crippen molar-refractivity contribution in [3.05, 3.63) is 101 Å². The van der Waals surface area contributed by atoms with Crippen LogP contribution in [-0.2, 0) is 11.2 Å². The summed E-state index contributed by atoms with van der Waals surface area (Å²) < 4.78 is 4.65. The Morgan fingerprint density at radius 2 is 1.40 bits per heavy atom. The molecular weight excluding hydrogens is 380 g/mol. The number of para-hydroxylation sites is 1. The van der Waals surface area contributed by atoms with Gasteiger partial charge in [-0.25, -0.2) is 4.79 Å². The van der Waals surface area contributed by atoms with Crippen molar-refractivity contribution in [2.75, 3.05) is 19.0 Å². The van der Waals surface area contributed by atoms with Crippen molar-refractivity contribution < 1.29 is 19.1 Å². The average molecular weight is 402 g/mol. The Morgan fingerprint density at radius 1 is 0.767 bits per heavy atom. The summed E-state index contributed by atoms with van der Waals surface area (Å²) >= 11 is 0. The number of benzene rings is 3. The molecule has 0 saturated carbocycles. The first-order chi connectivity index (χ1) is 14.6. The van der Waals surface area contributed by atoms with Gasteiger partial charge in [-0.1, -0.05) is 42.5 Å². The second-order valence-corrected chi connectivity index (χ2v) is 6.56. The zero-order valence-corrected chi connectivity index (χ0v) is 16.6. The number of anilines is 1. The van der Waals surface area contributed by atoms with E-state index in [0.29, 0.717) is 35.3 Å². The van der Waals surface area contributed by atoms with Crippen LogP contribution in [0.1, 0.15) is 36.6 Å². The summed E-state index contributed by atoms with van der Waals surface area (Å²) in [5, 5.41) is 5.65. The smallest absolute Gasteiger partial charge is 0.337 e. The van der Waals surface area contributed by atoms with Crippen molar-refractivity contribution in [3.63, 3.8) is 0 Å². The van der Waals surface area contributed by atoms with Crippen LogP contribution in [0.3, 0.4) is 0 Å². The summed E-state index contributed by atoms with van der Waals surface area (Å²) in [7, 11) is 1.30. The third kappa shape index (κ3) is 5.32. The molecule has 0 spiro atoms. The minimum atomic E-state index is -0.473. The van der Waals surface area contributed by atoms with Crippen molar-refractivity contribution >= 4 is 23.5 Å². The van der Waals surface area contributed by atoms with Gasteiger partial charge >= 0.3 is 5.97 Å². The molecule has 0 saturated heterocycles. The van der Waals surface area contributed by atoms with E-state index in [-0.39, 0.29) is 11.8 Å². The van der Waals surface area contributed by atoms with Crippen LogP contribution in [0.25, 0.3) is 0 Å². The highest BCUT2D eigenvalue weighted by atomic mass is 16.5. The van der Waals surface area contributed by atoms with Gasteiger partial charge in [-0.05, 0) is 48.4 Å². The first-order valence-corrected chi connectivity index (χ1v) is 9.49. The summed E-state index contributed by atoms with van der Waals surface area (Å²) in [5.74, 6) is -1.11. The lowest BCUT2D eigenvalue weighted by Crippen LogP contribution is -2.27. The van der Waals surface area contributed by atoms with Gasteiger partial charge in [-0.15, -0.1) is 0 Å². The Hall–Kier alpha value is -3.93. The van der Waals surface area contributed by atoms with Gasteiger partial charge in [0.1, 0.15) is 0 Å². The van der Waals surface area contributed by atoms with Gasteiger partial charge in [0.2, 0.25) is 0 Å². The van der Waals surface area contributed by atoms with Crippen LogP contribution in [0.15, 0.2) is 78.9 Å². The maximum atomic E-state index is 12.6. The van der Waals surface area contributed by atoms with E-state index >= 15 is 0 Å². The predicted octanol–water partition coefficient (Wildman–Crippen LogP) is 3.70. The van der Waals surface area contributed by atoms with Crippen LogP contribution >= 0.6 is 0 Å². The summed E-state index contributed by atoms with van der Waals surface area (Å²) in [5.41, 5.74) is 2.64. The lowest BCUT2D eigenvalue weighted by atomic mass is 10.1. The molecule has 0 aromatic heterocycles. The number of ether oxygens (including phenoxy) is 1. The molecule has 0 aliphatic carbocycles. The molecule has 30 heavy (non-hydrogen) atoms. The molecule has 0 fully saturated rings. The quantitative estimate of drug-likeness (QED) is 0.590. The summed E-state index contributed by atoms with van der Waals surface area (Å²) in [4.78, 5) is 36.7. The number of carbonyl (C=O) groups is 3. The van der Waals surface area contributed by atoms with E-state index in [4.69, 9.17) is 0 Å². The second-order valence-electron chi connectivity index (χ2n) is 6.56. The number of hydrogen-bond acceptors (Lipinski definition) is 4. The Balaban J connectivity index is 1.64. The number of carbonyl (C=O) groups excluding carboxylic acids is 3. The van der Waals surface area contributed by atoms with Crippen molar-refractivity contribution in [2.24, 2.45) is 0 Å². The molecule has 0 bridgehead atoms. The number of methoxy groups -OCH3 is 1. The van der Waals surface area contributed by atoms with Gasteiger partial charge < -0.3 is 15.4 Å². The zero-order chi connectivity index (χ0) is 21.3. The van der Waals surface area contributed by atoms with Gasteiger partial charge in [0.25, 0.3) is 11.8 Å². The minimum absolute atomic E-state index is 0.261. The lowest BCUT2D eigenvalue weighted by Gasteiger charge is -2.12. The predicted molar refractivity (Wildman–Crippen MR) is 115 cm³/mol. The molecule has 3 aromatic rings. The van der Waals surface area contributed by atoms with E-state index in [1.807, 2.05) is 30.3 Å². The van der Waals surface area contributed by atoms with Crippen molar-refractivity contribution in [1.82, 2.24) is 5.32 Å². The van der Waals surface area contributed by atoms with Gasteiger partial charge in [0.15, 0.2) is 0 Å². The molecule has 0 aliphatic rings.